The van der Waals surface area contributed by atoms with Gasteiger partial charge in [-0.1, -0.05) is 0 Å². The van der Waals surface area contributed by atoms with E-state index in [1.807, 2.05) is 0 Å². The van der Waals surface area contributed by atoms with Crippen LogP contribution >= 0.6 is 0 Å². The maximum absolute atomic E-state index is 11.3. The van der Waals surface area contributed by atoms with Crippen molar-refractivity contribution < 1.29 is 18.3 Å². The van der Waals surface area contributed by atoms with Crippen molar-refractivity contribution >= 4 is 21.8 Å². The summed E-state index contributed by atoms with van der Waals surface area (Å²) in [5, 5.41) is 16.7. The normalized spacial score (nSPS) is 23.2. The fourth-order valence-electron chi connectivity index (χ4n) is 1.86. The van der Waals surface area contributed by atoms with Crippen LogP contribution in [-0.2, 0) is 14.8 Å². The highest BCUT2D eigenvalue weighted by Crippen LogP contribution is 2.31. The SMILES string of the molecule is NS(=O)(=O)c1cccnc1NC1CC(C(=O)O)C1. The largest absolute Gasteiger partial charge is 0.481 e. The number of rotatable bonds is 4. The summed E-state index contributed by atoms with van der Waals surface area (Å²) in [5.74, 6) is -1.03. The van der Waals surface area contributed by atoms with Crippen LogP contribution in [0.4, 0.5) is 5.82 Å². The van der Waals surface area contributed by atoms with E-state index in [4.69, 9.17) is 10.2 Å². The molecule has 1 aliphatic rings. The third kappa shape index (κ3) is 2.59. The number of nitrogens with one attached hydrogen (secondary N) is 1. The topological polar surface area (TPSA) is 122 Å². The molecular weight excluding hydrogens is 258 g/mol. The van der Waals surface area contributed by atoms with Crippen molar-refractivity contribution in [2.24, 2.45) is 11.1 Å². The van der Waals surface area contributed by atoms with E-state index >= 15 is 0 Å². The average Bonchev–Trinajstić information content (AvgIpc) is 2.21. The van der Waals surface area contributed by atoms with Crippen molar-refractivity contribution in [1.29, 1.82) is 0 Å². The molecule has 0 radical (unpaired) electrons. The van der Waals surface area contributed by atoms with E-state index in [0.717, 1.165) is 0 Å². The Balaban J connectivity index is 2.10. The van der Waals surface area contributed by atoms with Crippen LogP contribution in [0.1, 0.15) is 12.8 Å². The highest BCUT2D eigenvalue weighted by Gasteiger charge is 2.35. The number of anilines is 1. The van der Waals surface area contributed by atoms with Crippen LogP contribution in [0.2, 0.25) is 0 Å². The summed E-state index contributed by atoms with van der Waals surface area (Å²) in [6.45, 7) is 0. The van der Waals surface area contributed by atoms with Gasteiger partial charge in [0, 0.05) is 12.2 Å². The number of carboxylic acid groups (broad SMARTS) is 1. The molecule has 18 heavy (non-hydrogen) atoms. The van der Waals surface area contributed by atoms with Crippen molar-refractivity contribution in [2.75, 3.05) is 5.32 Å². The van der Waals surface area contributed by atoms with Gasteiger partial charge in [0.2, 0.25) is 10.0 Å². The van der Waals surface area contributed by atoms with Gasteiger partial charge < -0.3 is 10.4 Å². The summed E-state index contributed by atoms with van der Waals surface area (Å²) in [4.78, 5) is 14.5. The van der Waals surface area contributed by atoms with Crippen LogP contribution in [0, 0.1) is 5.92 Å². The van der Waals surface area contributed by atoms with Gasteiger partial charge in [-0.3, -0.25) is 4.79 Å². The Labute approximate surface area is 104 Å². The fraction of sp³-hybridized carbons (Fsp3) is 0.400. The minimum Gasteiger partial charge on any atom is -0.481 e. The lowest BCUT2D eigenvalue weighted by molar-refractivity contribution is -0.144. The van der Waals surface area contributed by atoms with Crippen molar-refractivity contribution in [3.05, 3.63) is 18.3 Å². The number of hydrogen-bond donors (Lipinski definition) is 3. The van der Waals surface area contributed by atoms with Crippen LogP contribution in [0.5, 0.6) is 0 Å². The number of aromatic nitrogens is 1. The van der Waals surface area contributed by atoms with Gasteiger partial charge in [0.05, 0.1) is 5.92 Å². The third-order valence-corrected chi connectivity index (χ3v) is 3.85. The number of aliphatic carboxylic acids is 1. The molecule has 1 fully saturated rings. The molecule has 7 nitrogen and oxygen atoms in total. The fourth-order valence-corrected chi connectivity index (χ4v) is 2.51. The number of pyridine rings is 1. The quantitative estimate of drug-likeness (QED) is 0.708. The monoisotopic (exact) mass is 271 g/mol. The lowest BCUT2D eigenvalue weighted by Crippen LogP contribution is -2.40. The van der Waals surface area contributed by atoms with Gasteiger partial charge in [-0.25, -0.2) is 18.5 Å². The summed E-state index contributed by atoms with van der Waals surface area (Å²) in [7, 11) is -3.83. The Bertz CT molecular complexity index is 566. The minimum atomic E-state index is -3.83. The van der Waals surface area contributed by atoms with E-state index < -0.39 is 16.0 Å². The summed E-state index contributed by atoms with van der Waals surface area (Å²) in [6.07, 6.45) is 2.36. The number of nitrogens with zero attached hydrogens (tertiary/aromatic N) is 1. The molecule has 0 aliphatic heterocycles. The molecule has 0 saturated heterocycles. The van der Waals surface area contributed by atoms with E-state index in [1.54, 1.807) is 0 Å². The smallest absolute Gasteiger partial charge is 0.306 e. The third-order valence-electron chi connectivity index (χ3n) is 2.91. The number of sulfonamides is 1. The van der Waals surface area contributed by atoms with Crippen LogP contribution in [0.25, 0.3) is 0 Å². The van der Waals surface area contributed by atoms with Gasteiger partial charge in [0.25, 0.3) is 0 Å². The zero-order valence-electron chi connectivity index (χ0n) is 9.41. The molecule has 1 aliphatic carbocycles. The number of nitrogens with two attached hydrogens (primary N) is 1. The van der Waals surface area contributed by atoms with Gasteiger partial charge in [0.1, 0.15) is 10.7 Å². The second kappa shape index (κ2) is 4.54. The van der Waals surface area contributed by atoms with Crippen LogP contribution < -0.4 is 10.5 Å². The second-order valence-electron chi connectivity index (χ2n) is 4.24. The van der Waals surface area contributed by atoms with Crippen LogP contribution in [-0.4, -0.2) is 30.5 Å². The molecule has 8 heteroatoms. The average molecular weight is 271 g/mol. The number of carbonyl (C=O) groups is 1. The van der Waals surface area contributed by atoms with E-state index in [-0.39, 0.29) is 22.7 Å². The van der Waals surface area contributed by atoms with Crippen LogP contribution in [0.15, 0.2) is 23.2 Å². The summed E-state index contributed by atoms with van der Waals surface area (Å²) >= 11 is 0. The summed E-state index contributed by atoms with van der Waals surface area (Å²) in [6, 6.07) is 2.76. The molecule has 0 spiro atoms. The molecule has 0 aromatic carbocycles. The minimum absolute atomic E-state index is 0.0798. The Morgan fingerprint density at radius 2 is 2.17 bits per heavy atom. The van der Waals surface area contributed by atoms with E-state index in [0.29, 0.717) is 12.8 Å². The van der Waals surface area contributed by atoms with Gasteiger partial charge in [-0.05, 0) is 25.0 Å². The molecule has 1 heterocycles. The molecule has 0 unspecified atom stereocenters. The molecule has 0 atom stereocenters. The first-order valence-electron chi connectivity index (χ1n) is 5.35. The highest BCUT2D eigenvalue weighted by molar-refractivity contribution is 7.89. The van der Waals surface area contributed by atoms with Crippen molar-refractivity contribution in [1.82, 2.24) is 4.98 Å². The molecule has 1 aromatic heterocycles. The first-order chi connectivity index (χ1) is 8.38. The maximum Gasteiger partial charge on any atom is 0.306 e. The lowest BCUT2D eigenvalue weighted by Gasteiger charge is -2.33. The van der Waals surface area contributed by atoms with Gasteiger partial charge in [-0.2, -0.15) is 0 Å². The van der Waals surface area contributed by atoms with E-state index in [1.165, 1.54) is 18.3 Å². The molecule has 1 saturated carbocycles. The van der Waals surface area contributed by atoms with Crippen molar-refractivity contribution in [3.8, 4) is 0 Å². The van der Waals surface area contributed by atoms with Crippen LogP contribution in [0.3, 0.4) is 0 Å². The molecule has 4 N–H and O–H groups in total. The Kier molecular flexibility index (Phi) is 3.22. The van der Waals surface area contributed by atoms with E-state index in [2.05, 4.69) is 10.3 Å². The molecule has 0 bridgehead atoms. The highest BCUT2D eigenvalue weighted by atomic mass is 32.2. The summed E-state index contributed by atoms with van der Waals surface area (Å²) < 4.78 is 22.6. The Morgan fingerprint density at radius 3 is 2.72 bits per heavy atom. The van der Waals surface area contributed by atoms with E-state index in [9.17, 15) is 13.2 Å². The van der Waals surface area contributed by atoms with Gasteiger partial charge >= 0.3 is 5.97 Å². The second-order valence-corrected chi connectivity index (χ2v) is 5.77. The standard InChI is InChI=1S/C10H13N3O4S/c11-18(16,17)8-2-1-3-12-9(8)13-7-4-6(5-7)10(14)15/h1-3,6-7H,4-5H2,(H,12,13)(H,14,15)(H2,11,16,17). The Hall–Kier alpha value is -1.67. The zero-order valence-corrected chi connectivity index (χ0v) is 10.2. The first-order valence-corrected chi connectivity index (χ1v) is 6.89. The van der Waals surface area contributed by atoms with Gasteiger partial charge in [-0.15, -0.1) is 0 Å². The molecular formula is C10H13N3O4S. The number of primary sulfonamides is 1. The maximum atomic E-state index is 11.3. The predicted octanol–water partition coefficient (Wildman–Crippen LogP) is 0.00410. The van der Waals surface area contributed by atoms with Gasteiger partial charge in [0.15, 0.2) is 0 Å². The molecule has 2 rings (SSSR count). The molecule has 98 valence electrons. The number of hydrogen-bond acceptors (Lipinski definition) is 5. The predicted molar refractivity (Wildman–Crippen MR) is 63.4 cm³/mol. The zero-order chi connectivity index (χ0) is 13.3. The van der Waals surface area contributed by atoms with Crippen molar-refractivity contribution in [3.63, 3.8) is 0 Å². The molecule has 1 aromatic rings. The molecule has 0 amide bonds. The lowest BCUT2D eigenvalue weighted by atomic mass is 9.80. The number of carboxylic acids is 1. The summed E-state index contributed by atoms with van der Waals surface area (Å²) in [5.41, 5.74) is 0. The van der Waals surface area contributed by atoms with Crippen molar-refractivity contribution in [2.45, 2.75) is 23.8 Å². The first kappa shape index (κ1) is 12.8. The Morgan fingerprint density at radius 1 is 1.50 bits per heavy atom.